The Morgan fingerprint density at radius 3 is 1.89 bits per heavy atom. The molecule has 1 aliphatic rings. The summed E-state index contributed by atoms with van der Waals surface area (Å²) in [6.45, 7) is 9.66. The van der Waals surface area contributed by atoms with Crippen molar-refractivity contribution in [1.82, 2.24) is 4.98 Å². The quantitative estimate of drug-likeness (QED) is 0.164. The molecule has 0 N–H and O–H groups in total. The van der Waals surface area contributed by atoms with Crippen molar-refractivity contribution in [2.45, 2.75) is 46.0 Å². The second-order valence-corrected chi connectivity index (χ2v) is 11.4. The minimum absolute atomic E-state index is 0. The molecule has 0 amide bonds. The van der Waals surface area contributed by atoms with Crippen molar-refractivity contribution < 1.29 is 13.1 Å². The molecule has 199 valence electrons. The number of hydrogen-bond acceptors (Lipinski definition) is 3. The predicted molar refractivity (Wildman–Crippen MR) is 162 cm³/mol. The zero-order chi connectivity index (χ0) is 26.4. The third-order valence-corrected chi connectivity index (χ3v) is 6.57. The summed E-state index contributed by atoms with van der Waals surface area (Å²) < 4.78 is 0. The van der Waals surface area contributed by atoms with Gasteiger partial charge in [-0.15, -0.1) is 0 Å². The Morgan fingerprint density at radius 1 is 0.763 bits per heavy atom. The van der Waals surface area contributed by atoms with Gasteiger partial charge in [0, 0.05) is 41.4 Å². The van der Waals surface area contributed by atoms with Crippen LogP contribution >= 0.6 is 20.2 Å². The fourth-order valence-electron chi connectivity index (χ4n) is 4.84. The van der Waals surface area contributed by atoms with Crippen molar-refractivity contribution in [2.75, 3.05) is 6.54 Å². The van der Waals surface area contributed by atoms with Crippen LogP contribution in [0.2, 0.25) is 0 Å². The first-order valence-corrected chi connectivity index (χ1v) is 15.5. The van der Waals surface area contributed by atoms with Crippen LogP contribution in [0.5, 0.6) is 0 Å². The average Bonchev–Trinajstić information content (AvgIpc) is 3.19. The van der Waals surface area contributed by atoms with E-state index in [4.69, 9.17) is 30.2 Å². The third kappa shape index (κ3) is 6.55. The summed E-state index contributed by atoms with van der Waals surface area (Å²) >= 11 is 0.194. The number of aliphatic imine (C=N–C) groups is 2. The van der Waals surface area contributed by atoms with Crippen LogP contribution in [-0.2, 0) is 19.6 Å². The van der Waals surface area contributed by atoms with Gasteiger partial charge in [0.15, 0.2) is 0 Å². The van der Waals surface area contributed by atoms with Crippen molar-refractivity contribution in [3.8, 4) is 0 Å². The zero-order valence-electron chi connectivity index (χ0n) is 22.5. The van der Waals surface area contributed by atoms with Gasteiger partial charge in [-0.3, -0.25) is 9.98 Å². The predicted octanol–water partition coefficient (Wildman–Crippen LogP) is 9.47. The van der Waals surface area contributed by atoms with Crippen molar-refractivity contribution >= 4 is 48.1 Å². The summed E-state index contributed by atoms with van der Waals surface area (Å²) in [6, 6.07) is 25.6. The zero-order valence-corrected chi connectivity index (χ0v) is 25.1. The Hall–Kier alpha value is -2.49. The van der Waals surface area contributed by atoms with Gasteiger partial charge in [-0.1, -0.05) is 88.4 Å². The second-order valence-electron chi connectivity index (χ2n) is 9.62. The van der Waals surface area contributed by atoms with Crippen LogP contribution in [0.4, 0.5) is 5.69 Å². The van der Waals surface area contributed by atoms with E-state index >= 15 is 0 Å². The molecule has 0 unspecified atom stereocenters. The summed E-state index contributed by atoms with van der Waals surface area (Å²) in [6.07, 6.45) is 2.65. The molecule has 0 atom stereocenters. The molecular formula is C32H34Cl2FeN3. The van der Waals surface area contributed by atoms with Crippen LogP contribution in [0, 0.1) is 7.43 Å². The van der Waals surface area contributed by atoms with Crippen LogP contribution in [0.1, 0.15) is 67.5 Å². The molecule has 4 aromatic rings. The first-order valence-electron chi connectivity index (χ1n) is 12.5. The minimum atomic E-state index is 0. The van der Waals surface area contributed by atoms with Gasteiger partial charge in [-0.05, 0) is 40.5 Å². The first-order chi connectivity index (χ1) is 18.0. The number of rotatable bonds is 6. The Labute approximate surface area is 242 Å². The van der Waals surface area contributed by atoms with Gasteiger partial charge in [-0.2, -0.15) is 0 Å². The van der Waals surface area contributed by atoms with Gasteiger partial charge >= 0.3 is 33.3 Å². The fraction of sp³-hybridized carbons (Fsp3) is 0.250. The molecule has 0 saturated carbocycles. The molecular weight excluding hydrogens is 553 g/mol. The van der Waals surface area contributed by atoms with Crippen molar-refractivity contribution in [3.05, 3.63) is 114 Å². The van der Waals surface area contributed by atoms with Crippen LogP contribution in [0.25, 0.3) is 10.8 Å². The topological polar surface area (TPSA) is 37.6 Å². The van der Waals surface area contributed by atoms with E-state index in [1.807, 2.05) is 18.3 Å². The number of nitrogens with zero attached hydrogens (tertiary/aromatic N) is 3. The number of pyridine rings is 1. The summed E-state index contributed by atoms with van der Waals surface area (Å²) in [7, 11) is 9.53. The first kappa shape index (κ1) is 30.1. The van der Waals surface area contributed by atoms with Crippen molar-refractivity contribution in [3.63, 3.8) is 0 Å². The molecule has 1 aromatic heterocycles. The van der Waals surface area contributed by atoms with E-state index in [2.05, 4.69) is 93.3 Å². The summed E-state index contributed by atoms with van der Waals surface area (Å²) in [4.78, 5) is 15.0. The van der Waals surface area contributed by atoms with Gasteiger partial charge in [0.05, 0.1) is 17.1 Å². The number of aromatic nitrogens is 1. The number of hydrogen-bond donors (Lipinski definition) is 0. The summed E-state index contributed by atoms with van der Waals surface area (Å²) in [5.74, 6) is 0.782. The molecule has 0 spiro atoms. The molecule has 3 nitrogen and oxygen atoms in total. The Morgan fingerprint density at radius 2 is 1.34 bits per heavy atom. The SMILES string of the molecule is CC(C)c1cccc(C(C)C)c1N=C1C(=NCCc2ccccn2)c2cccc3cccc1c23.[CH3-].[Cl][Fe+][Cl]. The molecule has 0 bridgehead atoms. The van der Waals surface area contributed by atoms with Crippen LogP contribution < -0.4 is 0 Å². The number of benzene rings is 3. The van der Waals surface area contributed by atoms with Crippen molar-refractivity contribution in [1.29, 1.82) is 0 Å². The van der Waals surface area contributed by atoms with Crippen molar-refractivity contribution in [2.24, 2.45) is 9.98 Å². The molecule has 6 heteroatoms. The molecule has 5 rings (SSSR count). The summed E-state index contributed by atoms with van der Waals surface area (Å²) in [5, 5.41) is 2.49. The maximum atomic E-state index is 5.42. The number of halogens is 2. The normalized spacial score (nSPS) is 14.2. The van der Waals surface area contributed by atoms with E-state index in [0.29, 0.717) is 18.4 Å². The van der Waals surface area contributed by atoms with E-state index < -0.39 is 0 Å². The second kappa shape index (κ2) is 14.1. The van der Waals surface area contributed by atoms with Gasteiger partial charge in [0.2, 0.25) is 0 Å². The molecule has 0 saturated heterocycles. The maximum absolute atomic E-state index is 5.42. The van der Waals surface area contributed by atoms with Crippen LogP contribution in [0.3, 0.4) is 0 Å². The monoisotopic (exact) mass is 586 g/mol. The molecule has 38 heavy (non-hydrogen) atoms. The Bertz CT molecular complexity index is 1400. The molecule has 1 heterocycles. The van der Waals surface area contributed by atoms with Gasteiger partial charge < -0.3 is 7.43 Å². The van der Waals surface area contributed by atoms with E-state index in [1.165, 1.54) is 33.0 Å². The van der Waals surface area contributed by atoms with Gasteiger partial charge in [-0.25, -0.2) is 4.99 Å². The summed E-state index contributed by atoms with van der Waals surface area (Å²) in [5.41, 5.74) is 9.08. The average molecular weight is 587 g/mol. The molecule has 0 radical (unpaired) electrons. The standard InChI is InChI=1S/C31H31N3.CH3.2ClH.Fe/c1-20(2)24-13-9-14-25(21(3)4)29(24)34-31-27-16-8-11-22-10-7-15-26(28(22)27)30(31)33-19-17-23-12-5-6-18-32-23;;;;/h5-16,18,20-21H,17,19H2,1-4H3;1H3;2*1H;/q;-1;;;+3/p-2. The molecule has 1 aliphatic carbocycles. The van der Waals surface area contributed by atoms with Crippen LogP contribution in [-0.4, -0.2) is 23.0 Å². The Balaban J connectivity index is 0.000000956. The van der Waals surface area contributed by atoms with Gasteiger partial charge in [0.25, 0.3) is 0 Å². The Kier molecular flexibility index (Phi) is 11.1. The van der Waals surface area contributed by atoms with E-state index in [0.717, 1.165) is 29.2 Å². The molecule has 0 fully saturated rings. The van der Waals surface area contributed by atoms with E-state index in [9.17, 15) is 0 Å². The fourth-order valence-corrected chi connectivity index (χ4v) is 4.84. The van der Waals surface area contributed by atoms with Gasteiger partial charge in [0.1, 0.15) is 0 Å². The van der Waals surface area contributed by atoms with E-state index in [1.54, 1.807) is 0 Å². The van der Waals surface area contributed by atoms with E-state index in [-0.39, 0.29) is 20.6 Å². The van der Waals surface area contributed by atoms with Crippen LogP contribution in [0.15, 0.2) is 89.0 Å². The molecule has 3 aromatic carbocycles. The number of para-hydroxylation sites is 1. The molecule has 0 aliphatic heterocycles. The third-order valence-electron chi connectivity index (χ3n) is 6.57.